The summed E-state index contributed by atoms with van der Waals surface area (Å²) in [7, 11) is 0. The Morgan fingerprint density at radius 2 is 1.64 bits per heavy atom. The first-order chi connectivity index (χ1) is 16.0. The highest BCUT2D eigenvalue weighted by Gasteiger charge is 2.22. The molecule has 1 amide bonds. The lowest BCUT2D eigenvalue weighted by Crippen LogP contribution is -2.45. The molecule has 1 heterocycles. The molecule has 0 aliphatic heterocycles. The number of hydrazine groups is 1. The number of carbonyl (C=O) groups excluding carboxylic acids is 1. The summed E-state index contributed by atoms with van der Waals surface area (Å²) in [6.07, 6.45) is 0. The lowest BCUT2D eigenvalue weighted by atomic mass is 10.1. The number of thiocarbonyl (C=S) groups is 1. The van der Waals surface area contributed by atoms with Crippen molar-refractivity contribution in [2.75, 3.05) is 5.32 Å². The van der Waals surface area contributed by atoms with Crippen molar-refractivity contribution in [2.45, 2.75) is 17.1 Å². The zero-order valence-corrected chi connectivity index (χ0v) is 19.3. The van der Waals surface area contributed by atoms with Crippen LogP contribution in [-0.2, 0) is 4.79 Å². The van der Waals surface area contributed by atoms with E-state index in [0.717, 1.165) is 21.4 Å². The Morgan fingerprint density at radius 3 is 2.36 bits per heavy atom. The van der Waals surface area contributed by atoms with E-state index in [1.165, 1.54) is 17.8 Å². The molecule has 0 radical (unpaired) electrons. The van der Waals surface area contributed by atoms with E-state index in [-0.39, 0.29) is 11.0 Å². The third-order valence-electron chi connectivity index (χ3n) is 4.85. The van der Waals surface area contributed by atoms with Gasteiger partial charge in [-0.3, -0.25) is 15.6 Å². The molecule has 0 spiro atoms. The first-order valence-electron chi connectivity index (χ1n) is 10.2. The second kappa shape index (κ2) is 10.3. The van der Waals surface area contributed by atoms with Crippen LogP contribution in [0.3, 0.4) is 0 Å². The maximum atomic E-state index is 13.0. The van der Waals surface area contributed by atoms with E-state index in [4.69, 9.17) is 16.6 Å². The van der Waals surface area contributed by atoms with Gasteiger partial charge in [-0.15, -0.1) is 11.8 Å². The van der Waals surface area contributed by atoms with Crippen molar-refractivity contribution >= 4 is 51.7 Å². The molecule has 4 rings (SSSR count). The average Bonchev–Trinajstić information content (AvgIpc) is 2.82. The van der Waals surface area contributed by atoms with E-state index in [2.05, 4.69) is 16.2 Å². The van der Waals surface area contributed by atoms with Crippen LogP contribution in [0.25, 0.3) is 11.0 Å². The molecule has 1 unspecified atom stereocenters. The Morgan fingerprint density at radius 1 is 0.939 bits per heavy atom. The molecule has 3 aromatic carbocycles. The van der Waals surface area contributed by atoms with Crippen molar-refractivity contribution in [1.29, 1.82) is 0 Å². The highest BCUT2D eigenvalue weighted by Crippen LogP contribution is 2.35. The van der Waals surface area contributed by atoms with Crippen molar-refractivity contribution in [3.05, 3.63) is 106 Å². The fraction of sp³-hybridized carbons (Fsp3) is 0.0800. The van der Waals surface area contributed by atoms with Crippen molar-refractivity contribution in [2.24, 2.45) is 0 Å². The molecule has 0 bridgehead atoms. The zero-order chi connectivity index (χ0) is 23.2. The Labute approximate surface area is 200 Å². The molecule has 166 valence electrons. The molecule has 8 heteroatoms. The van der Waals surface area contributed by atoms with E-state index in [0.29, 0.717) is 11.3 Å². The molecule has 6 nitrogen and oxygen atoms in total. The summed E-state index contributed by atoms with van der Waals surface area (Å²) in [6, 6.07) is 26.1. The van der Waals surface area contributed by atoms with Gasteiger partial charge in [0.25, 0.3) is 5.91 Å². The summed E-state index contributed by atoms with van der Waals surface area (Å²) in [4.78, 5) is 25.7. The maximum absolute atomic E-state index is 13.0. The van der Waals surface area contributed by atoms with Gasteiger partial charge >= 0.3 is 5.63 Å². The van der Waals surface area contributed by atoms with E-state index >= 15 is 0 Å². The van der Waals surface area contributed by atoms with Gasteiger partial charge in [-0.1, -0.05) is 48.5 Å². The van der Waals surface area contributed by atoms with Crippen LogP contribution >= 0.6 is 24.0 Å². The molecule has 0 fully saturated rings. The fourth-order valence-electron chi connectivity index (χ4n) is 3.28. The van der Waals surface area contributed by atoms with Crippen molar-refractivity contribution in [3.8, 4) is 0 Å². The van der Waals surface area contributed by atoms with E-state index in [9.17, 15) is 9.59 Å². The molecular formula is C25H21N3O3S2. The van der Waals surface area contributed by atoms with Gasteiger partial charge in [0.1, 0.15) is 10.8 Å². The molecule has 3 N–H and O–H groups in total. The van der Waals surface area contributed by atoms with Crippen LogP contribution in [0.2, 0.25) is 0 Å². The monoisotopic (exact) mass is 475 g/mol. The highest BCUT2D eigenvalue weighted by atomic mass is 32.2. The summed E-state index contributed by atoms with van der Waals surface area (Å²) >= 11 is 6.78. The number of fused-ring (bicyclic) bond motifs is 1. The Bertz CT molecular complexity index is 1340. The molecule has 1 atom stereocenters. The minimum atomic E-state index is -0.471. The van der Waals surface area contributed by atoms with Crippen LogP contribution in [0.15, 0.2) is 99.0 Å². The normalized spacial score (nSPS) is 11.5. The standard InChI is InChI=1S/C25H21N3O3S2/c1-16-14-22(29)31-21-15-18(12-13-20(16)21)26-25(32)28-27-24(30)23(17-8-4-2-5-9-17)33-19-10-6-3-7-11-19/h2-15,23H,1H3,(H,27,30)(H2,26,28,32). The molecule has 1 aromatic heterocycles. The minimum Gasteiger partial charge on any atom is -0.423 e. The van der Waals surface area contributed by atoms with Crippen molar-refractivity contribution in [3.63, 3.8) is 0 Å². The zero-order valence-electron chi connectivity index (χ0n) is 17.7. The van der Waals surface area contributed by atoms with Gasteiger partial charge in [0.15, 0.2) is 5.11 Å². The number of amides is 1. The first kappa shape index (κ1) is 22.6. The SMILES string of the molecule is Cc1cc(=O)oc2cc(NC(=S)NNC(=O)C(Sc3ccccc3)c3ccccc3)ccc12. The van der Waals surface area contributed by atoms with Gasteiger partial charge in [-0.2, -0.15) is 0 Å². The molecule has 0 saturated heterocycles. The van der Waals surface area contributed by atoms with Crippen LogP contribution in [0.4, 0.5) is 5.69 Å². The first-order valence-corrected chi connectivity index (χ1v) is 11.5. The Balaban J connectivity index is 1.43. The number of benzene rings is 3. The molecule has 0 aliphatic carbocycles. The second-order valence-electron chi connectivity index (χ2n) is 7.25. The van der Waals surface area contributed by atoms with Gasteiger partial charge in [-0.25, -0.2) is 4.79 Å². The van der Waals surface area contributed by atoms with E-state index in [1.54, 1.807) is 6.07 Å². The number of hydrogen-bond acceptors (Lipinski definition) is 5. The fourth-order valence-corrected chi connectivity index (χ4v) is 4.50. The van der Waals surface area contributed by atoms with Crippen LogP contribution < -0.4 is 21.8 Å². The van der Waals surface area contributed by atoms with E-state index < -0.39 is 10.9 Å². The summed E-state index contributed by atoms with van der Waals surface area (Å²) < 4.78 is 5.27. The van der Waals surface area contributed by atoms with Crippen LogP contribution in [0.1, 0.15) is 16.4 Å². The smallest absolute Gasteiger partial charge is 0.336 e. The van der Waals surface area contributed by atoms with Crippen molar-refractivity contribution in [1.82, 2.24) is 10.9 Å². The lowest BCUT2D eigenvalue weighted by molar-refractivity contribution is -0.121. The third-order valence-corrected chi connectivity index (χ3v) is 6.32. The lowest BCUT2D eigenvalue weighted by Gasteiger charge is -2.18. The topological polar surface area (TPSA) is 83.4 Å². The van der Waals surface area contributed by atoms with Crippen LogP contribution in [-0.4, -0.2) is 11.0 Å². The predicted molar refractivity (Wildman–Crippen MR) is 136 cm³/mol. The third kappa shape index (κ3) is 5.79. The summed E-state index contributed by atoms with van der Waals surface area (Å²) in [5.41, 5.74) is 7.83. The number of aryl methyl sites for hydroxylation is 1. The number of nitrogens with one attached hydrogen (secondary N) is 3. The molecule has 0 aliphatic rings. The van der Waals surface area contributed by atoms with Crippen LogP contribution in [0.5, 0.6) is 0 Å². The number of thioether (sulfide) groups is 1. The largest absolute Gasteiger partial charge is 0.423 e. The summed E-state index contributed by atoms with van der Waals surface area (Å²) in [6.45, 7) is 1.85. The van der Waals surface area contributed by atoms with E-state index in [1.807, 2.05) is 79.7 Å². The number of anilines is 1. The Hall–Kier alpha value is -3.62. The number of rotatable bonds is 5. The van der Waals surface area contributed by atoms with Crippen molar-refractivity contribution < 1.29 is 9.21 Å². The molecule has 4 aromatic rings. The predicted octanol–water partition coefficient (Wildman–Crippen LogP) is 4.95. The molecular weight excluding hydrogens is 454 g/mol. The summed E-state index contributed by atoms with van der Waals surface area (Å²) in [5.74, 6) is -0.237. The number of carbonyl (C=O) groups is 1. The number of hydrogen-bond donors (Lipinski definition) is 3. The Kier molecular flexibility index (Phi) is 7.07. The van der Waals surface area contributed by atoms with Gasteiger partial charge in [0.2, 0.25) is 0 Å². The van der Waals surface area contributed by atoms with Gasteiger partial charge in [-0.05, 0) is 54.5 Å². The summed E-state index contributed by atoms with van der Waals surface area (Å²) in [5, 5.41) is 3.57. The maximum Gasteiger partial charge on any atom is 0.336 e. The van der Waals surface area contributed by atoms with Gasteiger partial charge < -0.3 is 9.73 Å². The molecule has 33 heavy (non-hydrogen) atoms. The quantitative estimate of drug-likeness (QED) is 0.163. The minimum absolute atomic E-state index is 0.203. The van der Waals surface area contributed by atoms with Gasteiger partial charge in [0.05, 0.1) is 0 Å². The van der Waals surface area contributed by atoms with Gasteiger partial charge in [0, 0.05) is 28.1 Å². The average molecular weight is 476 g/mol. The van der Waals surface area contributed by atoms with Crippen LogP contribution in [0, 0.1) is 6.92 Å². The molecule has 0 saturated carbocycles. The highest BCUT2D eigenvalue weighted by molar-refractivity contribution is 8.00. The second-order valence-corrected chi connectivity index (χ2v) is 8.84.